The van der Waals surface area contributed by atoms with E-state index in [2.05, 4.69) is 15.0 Å². The van der Waals surface area contributed by atoms with E-state index >= 15 is 0 Å². The van der Waals surface area contributed by atoms with Crippen molar-refractivity contribution in [3.05, 3.63) is 78.0 Å². The number of hydrogen-bond acceptors (Lipinski definition) is 6. The third kappa shape index (κ3) is 6.30. The van der Waals surface area contributed by atoms with Crippen LogP contribution in [0.3, 0.4) is 0 Å². The zero-order valence-corrected chi connectivity index (χ0v) is 19.9. The van der Waals surface area contributed by atoms with E-state index in [1.807, 2.05) is 13.0 Å². The van der Waals surface area contributed by atoms with Gasteiger partial charge in [-0.2, -0.15) is 0 Å². The lowest BCUT2D eigenvalue weighted by atomic mass is 10.1. The summed E-state index contributed by atoms with van der Waals surface area (Å²) in [5, 5.41) is 2.60. The Labute approximate surface area is 193 Å². The highest BCUT2D eigenvalue weighted by Gasteiger charge is 2.23. The molecule has 1 heterocycles. The van der Waals surface area contributed by atoms with Gasteiger partial charge in [-0.25, -0.2) is 21.8 Å². The van der Waals surface area contributed by atoms with E-state index in [0.717, 1.165) is 16.1 Å². The van der Waals surface area contributed by atoms with Gasteiger partial charge in [-0.3, -0.25) is 13.8 Å². The van der Waals surface area contributed by atoms with E-state index < -0.39 is 32.5 Å². The number of sulfonamides is 2. The standard InChI is InChI=1S/C22H24N4O5S2/c1-16-7-8-17(2)20(14-16)26(32(3,28)29)15-22(27)24-18-9-11-19(12-10-18)33(30,31)25-21-6-4-5-13-23-21/h4-14H,15H2,1-3H3,(H,23,25)(H,24,27). The van der Waals surface area contributed by atoms with Crippen LogP contribution >= 0.6 is 0 Å². The van der Waals surface area contributed by atoms with E-state index in [4.69, 9.17) is 0 Å². The maximum atomic E-state index is 12.6. The van der Waals surface area contributed by atoms with E-state index in [1.54, 1.807) is 31.2 Å². The molecular formula is C22H24N4O5S2. The van der Waals surface area contributed by atoms with Crippen LogP contribution < -0.4 is 14.3 Å². The van der Waals surface area contributed by atoms with Crippen LogP contribution in [0.2, 0.25) is 0 Å². The lowest BCUT2D eigenvalue weighted by Crippen LogP contribution is -2.37. The van der Waals surface area contributed by atoms with Crippen LogP contribution in [-0.2, 0) is 24.8 Å². The first kappa shape index (κ1) is 24.2. The van der Waals surface area contributed by atoms with Gasteiger partial charge >= 0.3 is 0 Å². The summed E-state index contributed by atoms with van der Waals surface area (Å²) in [6.45, 7) is 3.18. The summed E-state index contributed by atoms with van der Waals surface area (Å²) in [7, 11) is -7.58. The van der Waals surface area contributed by atoms with Gasteiger partial charge in [0, 0.05) is 11.9 Å². The molecule has 0 aliphatic carbocycles. The van der Waals surface area contributed by atoms with Crippen LogP contribution in [0.25, 0.3) is 0 Å². The van der Waals surface area contributed by atoms with Crippen molar-refractivity contribution in [1.82, 2.24) is 4.98 Å². The molecule has 0 saturated heterocycles. The second-order valence-electron chi connectivity index (χ2n) is 7.45. The lowest BCUT2D eigenvalue weighted by molar-refractivity contribution is -0.114. The van der Waals surface area contributed by atoms with Crippen LogP contribution in [0.15, 0.2) is 71.8 Å². The molecule has 2 N–H and O–H groups in total. The Morgan fingerprint density at radius 3 is 2.27 bits per heavy atom. The van der Waals surface area contributed by atoms with Gasteiger partial charge in [0.2, 0.25) is 15.9 Å². The molecule has 3 aromatic rings. The van der Waals surface area contributed by atoms with Gasteiger partial charge < -0.3 is 5.32 Å². The molecule has 1 aromatic heterocycles. The second kappa shape index (κ2) is 9.59. The third-order valence-electron chi connectivity index (χ3n) is 4.67. The maximum Gasteiger partial charge on any atom is 0.263 e. The molecule has 3 rings (SSSR count). The average Bonchev–Trinajstić information content (AvgIpc) is 2.74. The first-order chi connectivity index (χ1) is 15.5. The Kier molecular flexibility index (Phi) is 7.04. The number of carbonyl (C=O) groups excluding carboxylic acids is 1. The number of nitrogens with one attached hydrogen (secondary N) is 2. The highest BCUT2D eigenvalue weighted by Crippen LogP contribution is 2.24. The van der Waals surface area contributed by atoms with Crippen LogP contribution in [0.1, 0.15) is 11.1 Å². The molecule has 2 aromatic carbocycles. The van der Waals surface area contributed by atoms with E-state index in [0.29, 0.717) is 16.9 Å². The number of amides is 1. The van der Waals surface area contributed by atoms with Gasteiger partial charge in [0.1, 0.15) is 12.4 Å². The van der Waals surface area contributed by atoms with Crippen LogP contribution in [0.4, 0.5) is 17.2 Å². The SMILES string of the molecule is Cc1ccc(C)c(N(CC(=O)Nc2ccc(S(=O)(=O)Nc3ccccn3)cc2)S(C)(=O)=O)c1. The molecule has 0 spiro atoms. The van der Waals surface area contributed by atoms with Crippen molar-refractivity contribution >= 4 is 43.1 Å². The molecule has 174 valence electrons. The summed E-state index contributed by atoms with van der Waals surface area (Å²) in [6, 6.07) is 15.7. The monoisotopic (exact) mass is 488 g/mol. The molecule has 11 heteroatoms. The van der Waals surface area contributed by atoms with E-state index in [1.165, 1.54) is 36.5 Å². The Morgan fingerprint density at radius 2 is 1.67 bits per heavy atom. The van der Waals surface area contributed by atoms with Gasteiger partial charge in [-0.15, -0.1) is 0 Å². The molecule has 9 nitrogen and oxygen atoms in total. The Hall–Kier alpha value is -3.44. The normalized spacial score (nSPS) is 11.6. The quantitative estimate of drug-likeness (QED) is 0.502. The van der Waals surface area contributed by atoms with Crippen LogP contribution in [0.5, 0.6) is 0 Å². The minimum atomic E-state index is -3.85. The number of pyridine rings is 1. The van der Waals surface area contributed by atoms with Crippen molar-refractivity contribution in [3.8, 4) is 0 Å². The van der Waals surface area contributed by atoms with Gasteiger partial charge in [0.25, 0.3) is 10.0 Å². The highest BCUT2D eigenvalue weighted by atomic mass is 32.2. The molecule has 0 unspecified atom stereocenters. The molecular weight excluding hydrogens is 464 g/mol. The number of aromatic nitrogens is 1. The molecule has 0 saturated carbocycles. The predicted octanol–water partition coefficient (Wildman–Crippen LogP) is 2.90. The molecule has 0 aliphatic heterocycles. The molecule has 0 radical (unpaired) electrons. The number of benzene rings is 2. The second-order valence-corrected chi connectivity index (χ2v) is 11.0. The molecule has 0 fully saturated rings. The van der Waals surface area contributed by atoms with Crippen LogP contribution in [-0.4, -0.2) is 40.5 Å². The number of aryl methyl sites for hydroxylation is 2. The summed E-state index contributed by atoms with van der Waals surface area (Å²) in [5.41, 5.74) is 2.33. The summed E-state index contributed by atoms with van der Waals surface area (Å²) < 4.78 is 53.1. The Morgan fingerprint density at radius 1 is 0.970 bits per heavy atom. The lowest BCUT2D eigenvalue weighted by Gasteiger charge is -2.24. The number of carbonyl (C=O) groups is 1. The Bertz CT molecular complexity index is 1360. The predicted molar refractivity (Wildman–Crippen MR) is 128 cm³/mol. The fourth-order valence-corrected chi connectivity index (χ4v) is 4.95. The number of nitrogens with zero attached hydrogens (tertiary/aromatic N) is 2. The molecule has 33 heavy (non-hydrogen) atoms. The smallest absolute Gasteiger partial charge is 0.263 e. The fraction of sp³-hybridized carbons (Fsp3) is 0.182. The summed E-state index contributed by atoms with van der Waals surface area (Å²) >= 11 is 0. The molecule has 0 bridgehead atoms. The minimum Gasteiger partial charge on any atom is -0.325 e. The number of hydrogen-bond donors (Lipinski definition) is 2. The zero-order chi connectivity index (χ0) is 24.2. The largest absolute Gasteiger partial charge is 0.325 e. The topological polar surface area (TPSA) is 126 Å². The van der Waals surface area contributed by atoms with Crippen molar-refractivity contribution in [1.29, 1.82) is 0 Å². The van der Waals surface area contributed by atoms with Gasteiger partial charge in [0.15, 0.2) is 0 Å². The summed E-state index contributed by atoms with van der Waals surface area (Å²) in [5.74, 6) is -0.384. The van der Waals surface area contributed by atoms with Gasteiger partial charge in [0.05, 0.1) is 16.8 Å². The zero-order valence-electron chi connectivity index (χ0n) is 18.3. The van der Waals surface area contributed by atoms with Crippen molar-refractivity contribution in [2.24, 2.45) is 0 Å². The number of rotatable bonds is 8. The van der Waals surface area contributed by atoms with Gasteiger partial charge in [-0.05, 0) is 67.4 Å². The Balaban J connectivity index is 1.74. The first-order valence-corrected chi connectivity index (χ1v) is 13.2. The van der Waals surface area contributed by atoms with Crippen molar-refractivity contribution in [2.45, 2.75) is 18.7 Å². The van der Waals surface area contributed by atoms with Crippen molar-refractivity contribution < 1.29 is 21.6 Å². The maximum absolute atomic E-state index is 12.6. The first-order valence-electron chi connectivity index (χ1n) is 9.84. The summed E-state index contributed by atoms with van der Waals surface area (Å²) in [4.78, 5) is 16.5. The van der Waals surface area contributed by atoms with Crippen molar-refractivity contribution in [2.75, 3.05) is 27.1 Å². The third-order valence-corrected chi connectivity index (χ3v) is 7.17. The molecule has 0 aliphatic rings. The molecule has 1 amide bonds. The van der Waals surface area contributed by atoms with Crippen molar-refractivity contribution in [3.63, 3.8) is 0 Å². The number of anilines is 3. The van der Waals surface area contributed by atoms with E-state index in [9.17, 15) is 21.6 Å². The van der Waals surface area contributed by atoms with E-state index in [-0.39, 0.29) is 10.7 Å². The molecule has 0 atom stereocenters. The average molecular weight is 489 g/mol. The fourth-order valence-electron chi connectivity index (χ4n) is 3.04. The summed E-state index contributed by atoms with van der Waals surface area (Å²) in [6.07, 6.45) is 2.50. The van der Waals surface area contributed by atoms with Crippen LogP contribution in [0, 0.1) is 13.8 Å². The van der Waals surface area contributed by atoms with Gasteiger partial charge in [-0.1, -0.05) is 18.2 Å². The minimum absolute atomic E-state index is 0.0145. The highest BCUT2D eigenvalue weighted by molar-refractivity contribution is 7.92.